The molecule has 408 valence electrons. The average Bonchev–Trinajstić information content (AvgIpc) is 3.39. The molecule has 0 radical (unpaired) electrons. The highest BCUT2D eigenvalue weighted by Crippen LogP contribution is 2.12. The van der Waals surface area contributed by atoms with Gasteiger partial charge in [-0.15, -0.1) is 0 Å². The van der Waals surface area contributed by atoms with Gasteiger partial charge in [-0.05, 0) is 141 Å². The van der Waals surface area contributed by atoms with Crippen LogP contribution in [-0.4, -0.2) is 37.2 Å². The van der Waals surface area contributed by atoms with Crippen LogP contribution in [0.1, 0.15) is 226 Å². The third-order valence-corrected chi connectivity index (χ3v) is 11.5. The fourth-order valence-corrected chi connectivity index (χ4v) is 7.22. The van der Waals surface area contributed by atoms with Crippen LogP contribution >= 0.6 is 0 Å². The minimum Gasteiger partial charge on any atom is -0.462 e. The Morgan fingerprint density at radius 3 is 0.918 bits per heavy atom. The molecule has 0 aromatic carbocycles. The molecule has 0 saturated heterocycles. The monoisotopic (exact) mass is 1000 g/mol. The molecular formula is C67H104O6. The molecule has 0 aliphatic carbocycles. The fraction of sp³-hybridized carbons (Fsp3) is 0.567. The van der Waals surface area contributed by atoms with Gasteiger partial charge in [0.15, 0.2) is 6.10 Å². The average molecular weight is 1010 g/mol. The van der Waals surface area contributed by atoms with Crippen molar-refractivity contribution in [3.8, 4) is 0 Å². The van der Waals surface area contributed by atoms with E-state index in [0.717, 1.165) is 135 Å². The Bertz CT molecular complexity index is 1670. The van der Waals surface area contributed by atoms with Crippen LogP contribution in [-0.2, 0) is 28.6 Å². The van der Waals surface area contributed by atoms with E-state index in [9.17, 15) is 14.4 Å². The SMILES string of the molecule is CC/C=C\C/C=C\C/C=C\C/C=C\C/C=C\C/C=C\C/C=C\C/C=C\C/C=C\CCCC(=O)OCC(COC(=O)CCCCCCC/C=C\CCCCCC)OC(=O)CCCCC/C=C\C/C=C\C/C=C\CC. The molecule has 0 bridgehead atoms. The van der Waals surface area contributed by atoms with Gasteiger partial charge in [0, 0.05) is 19.3 Å². The topological polar surface area (TPSA) is 78.9 Å². The van der Waals surface area contributed by atoms with Crippen molar-refractivity contribution in [2.75, 3.05) is 13.2 Å². The zero-order valence-corrected chi connectivity index (χ0v) is 46.6. The van der Waals surface area contributed by atoms with Gasteiger partial charge in [0.2, 0.25) is 0 Å². The minimum absolute atomic E-state index is 0.119. The summed E-state index contributed by atoms with van der Waals surface area (Å²) in [5.74, 6) is -1.03. The molecule has 0 aliphatic rings. The van der Waals surface area contributed by atoms with Crippen molar-refractivity contribution in [1.82, 2.24) is 0 Å². The first kappa shape index (κ1) is 68.0. The largest absolute Gasteiger partial charge is 0.462 e. The molecule has 73 heavy (non-hydrogen) atoms. The summed E-state index contributed by atoms with van der Waals surface area (Å²) >= 11 is 0. The van der Waals surface area contributed by atoms with Gasteiger partial charge in [0.1, 0.15) is 13.2 Å². The Hall–Kier alpha value is -4.97. The van der Waals surface area contributed by atoms with Gasteiger partial charge in [-0.3, -0.25) is 14.4 Å². The molecule has 1 atom stereocenters. The van der Waals surface area contributed by atoms with E-state index in [0.29, 0.717) is 19.3 Å². The molecule has 0 N–H and O–H groups in total. The van der Waals surface area contributed by atoms with E-state index in [4.69, 9.17) is 14.2 Å². The summed E-state index contributed by atoms with van der Waals surface area (Å²) in [6.07, 6.45) is 86.8. The van der Waals surface area contributed by atoms with Crippen LogP contribution in [0.5, 0.6) is 0 Å². The van der Waals surface area contributed by atoms with Gasteiger partial charge in [0.05, 0.1) is 0 Å². The van der Waals surface area contributed by atoms with E-state index in [1.54, 1.807) is 0 Å². The number of hydrogen-bond acceptors (Lipinski definition) is 6. The summed E-state index contributed by atoms with van der Waals surface area (Å²) < 4.78 is 16.7. The summed E-state index contributed by atoms with van der Waals surface area (Å²) in [5.41, 5.74) is 0. The Labute approximate surface area is 448 Å². The third-order valence-electron chi connectivity index (χ3n) is 11.5. The Balaban J connectivity index is 4.46. The molecule has 0 fully saturated rings. The normalized spacial score (nSPS) is 13.3. The number of esters is 3. The Morgan fingerprint density at radius 1 is 0.288 bits per heavy atom. The van der Waals surface area contributed by atoms with Crippen LogP contribution in [0.4, 0.5) is 0 Å². The third kappa shape index (κ3) is 57.8. The number of unbranched alkanes of at least 4 members (excludes halogenated alkanes) is 13. The first-order valence-electron chi connectivity index (χ1n) is 29.0. The van der Waals surface area contributed by atoms with Crippen LogP contribution in [0, 0.1) is 0 Å². The van der Waals surface area contributed by atoms with Crippen molar-refractivity contribution in [3.63, 3.8) is 0 Å². The number of rotatable bonds is 50. The number of hydrogen-bond donors (Lipinski definition) is 0. The van der Waals surface area contributed by atoms with E-state index >= 15 is 0 Å². The number of carbonyl (C=O) groups is 3. The summed E-state index contributed by atoms with van der Waals surface area (Å²) in [6, 6.07) is 0. The lowest BCUT2D eigenvalue weighted by Crippen LogP contribution is -2.30. The van der Waals surface area contributed by atoms with E-state index in [1.807, 2.05) is 0 Å². The van der Waals surface area contributed by atoms with Gasteiger partial charge < -0.3 is 14.2 Å². The van der Waals surface area contributed by atoms with Crippen LogP contribution in [0.15, 0.2) is 158 Å². The lowest BCUT2D eigenvalue weighted by Gasteiger charge is -2.18. The first-order chi connectivity index (χ1) is 36.0. The standard InChI is InChI=1S/C67H104O6/c1-4-7-10-13-16-19-22-25-26-27-28-29-30-31-32-33-34-35-36-37-38-39-40-43-45-48-51-54-57-60-66(69)72-63-64(73-67(70)61-58-55-52-49-46-42-24-21-18-15-12-9-6-3)62-71-65(68)59-56-53-50-47-44-41-23-20-17-14-11-8-5-2/h7,9-10,12,16,18-21,23,25-26,28-29,31-32,34-35,37-38,40,42-43,46,48,51,64H,4-6,8,11,13-15,17,22,24,27,30,33,36,39,41,44-45,47,49-50,52-63H2,1-3H3/b10-7-,12-9-,19-16-,21-18-,23-20-,26-25-,29-28-,32-31-,35-34-,38-37-,43-40-,46-42-,51-48-. The molecule has 1 unspecified atom stereocenters. The molecule has 0 amide bonds. The van der Waals surface area contributed by atoms with Gasteiger partial charge >= 0.3 is 17.9 Å². The molecule has 0 rings (SSSR count). The molecular weight excluding hydrogens is 901 g/mol. The molecule has 0 spiro atoms. The zero-order chi connectivity index (χ0) is 52.9. The summed E-state index contributed by atoms with van der Waals surface area (Å²) in [5, 5.41) is 0. The highest BCUT2D eigenvalue weighted by molar-refractivity contribution is 5.71. The van der Waals surface area contributed by atoms with Crippen molar-refractivity contribution >= 4 is 17.9 Å². The van der Waals surface area contributed by atoms with Crippen LogP contribution in [0.2, 0.25) is 0 Å². The summed E-state index contributed by atoms with van der Waals surface area (Å²) in [6.45, 7) is 6.29. The van der Waals surface area contributed by atoms with Gasteiger partial charge in [0.25, 0.3) is 0 Å². The van der Waals surface area contributed by atoms with Crippen molar-refractivity contribution in [3.05, 3.63) is 158 Å². The van der Waals surface area contributed by atoms with Crippen LogP contribution in [0.3, 0.4) is 0 Å². The molecule has 0 saturated carbocycles. The first-order valence-corrected chi connectivity index (χ1v) is 29.0. The predicted octanol–water partition coefficient (Wildman–Crippen LogP) is 19.8. The molecule has 6 heteroatoms. The van der Waals surface area contributed by atoms with E-state index in [2.05, 4.69) is 179 Å². The number of ether oxygens (including phenoxy) is 3. The Kier molecular flexibility index (Phi) is 55.5. The maximum atomic E-state index is 12.8. The second-order valence-corrected chi connectivity index (χ2v) is 18.4. The smallest absolute Gasteiger partial charge is 0.306 e. The number of allylic oxidation sites excluding steroid dienone is 26. The number of carbonyl (C=O) groups excluding carboxylic acids is 3. The maximum Gasteiger partial charge on any atom is 0.306 e. The fourth-order valence-electron chi connectivity index (χ4n) is 7.22. The van der Waals surface area contributed by atoms with E-state index in [-0.39, 0.29) is 44.0 Å². The molecule has 0 heterocycles. The second-order valence-electron chi connectivity index (χ2n) is 18.4. The van der Waals surface area contributed by atoms with Crippen LogP contribution in [0.25, 0.3) is 0 Å². The quantitative estimate of drug-likeness (QED) is 0.0261. The maximum absolute atomic E-state index is 12.8. The highest BCUT2D eigenvalue weighted by atomic mass is 16.6. The molecule has 6 nitrogen and oxygen atoms in total. The molecule has 0 aromatic rings. The lowest BCUT2D eigenvalue weighted by atomic mass is 10.1. The summed E-state index contributed by atoms with van der Waals surface area (Å²) in [7, 11) is 0. The predicted molar refractivity (Wildman–Crippen MR) is 315 cm³/mol. The zero-order valence-electron chi connectivity index (χ0n) is 46.6. The van der Waals surface area contributed by atoms with Crippen molar-refractivity contribution in [2.24, 2.45) is 0 Å². The second kappa shape index (κ2) is 59.6. The van der Waals surface area contributed by atoms with Crippen molar-refractivity contribution < 1.29 is 28.6 Å². The van der Waals surface area contributed by atoms with E-state index < -0.39 is 6.10 Å². The van der Waals surface area contributed by atoms with Gasteiger partial charge in [-0.1, -0.05) is 224 Å². The van der Waals surface area contributed by atoms with Crippen molar-refractivity contribution in [1.29, 1.82) is 0 Å². The molecule has 0 aromatic heterocycles. The van der Waals surface area contributed by atoms with E-state index in [1.165, 1.54) is 38.5 Å². The van der Waals surface area contributed by atoms with Gasteiger partial charge in [-0.25, -0.2) is 0 Å². The van der Waals surface area contributed by atoms with Crippen LogP contribution < -0.4 is 0 Å². The minimum atomic E-state index is -0.827. The Morgan fingerprint density at radius 2 is 0.548 bits per heavy atom. The lowest BCUT2D eigenvalue weighted by molar-refractivity contribution is -0.167. The summed E-state index contributed by atoms with van der Waals surface area (Å²) in [4.78, 5) is 38.1. The van der Waals surface area contributed by atoms with Crippen molar-refractivity contribution in [2.45, 2.75) is 232 Å². The van der Waals surface area contributed by atoms with Gasteiger partial charge in [-0.2, -0.15) is 0 Å². The highest BCUT2D eigenvalue weighted by Gasteiger charge is 2.19. The molecule has 0 aliphatic heterocycles.